The molecule has 0 aliphatic rings. The van der Waals surface area contributed by atoms with Crippen LogP contribution in [0.1, 0.15) is 29.3 Å². The van der Waals surface area contributed by atoms with Gasteiger partial charge >= 0.3 is 0 Å². The fourth-order valence-electron chi connectivity index (χ4n) is 1.97. The number of nitro benzene ring substituents is 1. The fourth-order valence-corrected chi connectivity index (χ4v) is 2.49. The van der Waals surface area contributed by atoms with Crippen molar-refractivity contribution in [3.05, 3.63) is 73.8 Å². The van der Waals surface area contributed by atoms with E-state index in [2.05, 4.69) is 10.5 Å². The number of hydrogen-bond acceptors (Lipinski definition) is 4. The Morgan fingerprint density at radius 1 is 1.21 bits per heavy atom. The molecule has 124 valence electrons. The van der Waals surface area contributed by atoms with E-state index in [0.717, 1.165) is 0 Å². The third-order valence-electron chi connectivity index (χ3n) is 3.21. The number of nitrogens with zero attached hydrogens (tertiary/aromatic N) is 2. The van der Waals surface area contributed by atoms with Crippen LogP contribution in [0, 0.1) is 10.1 Å². The van der Waals surface area contributed by atoms with Gasteiger partial charge in [-0.25, -0.2) is 5.43 Å². The zero-order valence-electron chi connectivity index (χ0n) is 12.6. The SMILES string of the molecule is CCC(=NNC(=O)c1ccc([N+](=O)[O-])cc1)c1ccc(Cl)cc1Cl. The highest BCUT2D eigenvalue weighted by Crippen LogP contribution is 2.22. The number of halogens is 2. The van der Waals surface area contributed by atoms with Crippen molar-refractivity contribution in [3.63, 3.8) is 0 Å². The summed E-state index contributed by atoms with van der Waals surface area (Å²) in [6.07, 6.45) is 0.544. The first-order chi connectivity index (χ1) is 11.4. The molecule has 24 heavy (non-hydrogen) atoms. The standard InChI is InChI=1S/C16H13Cl2N3O3/c1-2-15(13-8-5-11(17)9-14(13)18)19-20-16(22)10-3-6-12(7-4-10)21(23)24/h3-9H,2H2,1H3,(H,20,22). The van der Waals surface area contributed by atoms with Crippen molar-refractivity contribution >= 4 is 40.5 Å². The van der Waals surface area contributed by atoms with Crippen molar-refractivity contribution in [2.24, 2.45) is 5.10 Å². The number of carbonyl (C=O) groups is 1. The first-order valence-corrected chi connectivity index (χ1v) is 7.74. The summed E-state index contributed by atoms with van der Waals surface area (Å²) in [6, 6.07) is 10.3. The summed E-state index contributed by atoms with van der Waals surface area (Å²) in [6.45, 7) is 1.88. The molecule has 0 saturated heterocycles. The van der Waals surface area contributed by atoms with Gasteiger partial charge in [-0.2, -0.15) is 5.10 Å². The number of hydrazone groups is 1. The van der Waals surface area contributed by atoms with Crippen molar-refractivity contribution in [2.45, 2.75) is 13.3 Å². The quantitative estimate of drug-likeness (QED) is 0.482. The van der Waals surface area contributed by atoms with Gasteiger partial charge in [0.15, 0.2) is 0 Å². The van der Waals surface area contributed by atoms with Crippen molar-refractivity contribution in [2.75, 3.05) is 0 Å². The average Bonchev–Trinajstić information content (AvgIpc) is 2.56. The Kier molecular flexibility index (Phi) is 5.89. The van der Waals surface area contributed by atoms with Crippen LogP contribution in [-0.4, -0.2) is 16.5 Å². The number of non-ortho nitro benzene ring substituents is 1. The molecule has 2 aromatic carbocycles. The van der Waals surface area contributed by atoms with E-state index in [1.165, 1.54) is 24.3 Å². The van der Waals surface area contributed by atoms with Gasteiger partial charge in [-0.05, 0) is 30.7 Å². The zero-order chi connectivity index (χ0) is 17.7. The average molecular weight is 366 g/mol. The maximum atomic E-state index is 12.1. The molecule has 0 radical (unpaired) electrons. The summed E-state index contributed by atoms with van der Waals surface area (Å²) in [5.74, 6) is -0.471. The summed E-state index contributed by atoms with van der Waals surface area (Å²) in [4.78, 5) is 22.2. The van der Waals surface area contributed by atoms with Crippen LogP contribution in [-0.2, 0) is 0 Å². The van der Waals surface area contributed by atoms with Gasteiger partial charge in [-0.1, -0.05) is 36.2 Å². The van der Waals surface area contributed by atoms with Crippen LogP contribution in [0.4, 0.5) is 5.69 Å². The number of nitro groups is 1. The molecule has 0 aliphatic heterocycles. The Morgan fingerprint density at radius 2 is 1.88 bits per heavy atom. The Morgan fingerprint density at radius 3 is 2.42 bits per heavy atom. The number of rotatable bonds is 5. The largest absolute Gasteiger partial charge is 0.271 e. The van der Waals surface area contributed by atoms with E-state index in [1.54, 1.807) is 18.2 Å². The molecule has 2 aromatic rings. The molecule has 1 amide bonds. The van der Waals surface area contributed by atoms with E-state index in [4.69, 9.17) is 23.2 Å². The van der Waals surface area contributed by atoms with Crippen LogP contribution in [0.2, 0.25) is 10.0 Å². The molecule has 2 rings (SSSR count). The van der Waals surface area contributed by atoms with Gasteiger partial charge in [-0.15, -0.1) is 0 Å². The molecule has 0 unspecified atom stereocenters. The summed E-state index contributed by atoms with van der Waals surface area (Å²) >= 11 is 12.0. The Balaban J connectivity index is 2.17. The van der Waals surface area contributed by atoms with Crippen LogP contribution >= 0.6 is 23.2 Å². The maximum Gasteiger partial charge on any atom is 0.271 e. The first kappa shape index (κ1) is 17.9. The van der Waals surface area contributed by atoms with E-state index in [1.807, 2.05) is 6.92 Å². The molecular weight excluding hydrogens is 353 g/mol. The Bertz CT molecular complexity index is 805. The molecular formula is C16H13Cl2N3O3. The van der Waals surface area contributed by atoms with Gasteiger partial charge in [0.2, 0.25) is 0 Å². The van der Waals surface area contributed by atoms with E-state index < -0.39 is 10.8 Å². The van der Waals surface area contributed by atoms with Crippen molar-refractivity contribution in [3.8, 4) is 0 Å². The molecule has 8 heteroatoms. The molecule has 6 nitrogen and oxygen atoms in total. The van der Waals surface area contributed by atoms with Crippen LogP contribution in [0.25, 0.3) is 0 Å². The summed E-state index contributed by atoms with van der Waals surface area (Å²) in [5.41, 5.74) is 3.87. The summed E-state index contributed by atoms with van der Waals surface area (Å²) in [5, 5.41) is 15.6. The number of hydrogen-bond donors (Lipinski definition) is 1. The lowest BCUT2D eigenvalue weighted by Crippen LogP contribution is -2.20. The monoisotopic (exact) mass is 365 g/mol. The summed E-state index contributed by atoms with van der Waals surface area (Å²) < 4.78 is 0. The predicted molar refractivity (Wildman–Crippen MR) is 93.9 cm³/mol. The van der Waals surface area contributed by atoms with E-state index in [-0.39, 0.29) is 11.3 Å². The van der Waals surface area contributed by atoms with E-state index in [0.29, 0.717) is 27.7 Å². The van der Waals surface area contributed by atoms with Gasteiger partial charge in [-0.3, -0.25) is 14.9 Å². The van der Waals surface area contributed by atoms with Crippen molar-refractivity contribution in [1.29, 1.82) is 0 Å². The first-order valence-electron chi connectivity index (χ1n) is 6.99. The number of benzene rings is 2. The molecule has 0 bridgehead atoms. The van der Waals surface area contributed by atoms with E-state index >= 15 is 0 Å². The van der Waals surface area contributed by atoms with Crippen molar-refractivity contribution in [1.82, 2.24) is 5.43 Å². The lowest BCUT2D eigenvalue weighted by molar-refractivity contribution is -0.384. The van der Waals surface area contributed by atoms with Gasteiger partial charge < -0.3 is 0 Å². The molecule has 0 saturated carbocycles. The van der Waals surface area contributed by atoms with Crippen LogP contribution in [0.15, 0.2) is 47.6 Å². The van der Waals surface area contributed by atoms with E-state index in [9.17, 15) is 14.9 Å². The Hall–Kier alpha value is -2.44. The predicted octanol–water partition coefficient (Wildman–Crippen LogP) is 4.45. The smallest absolute Gasteiger partial charge is 0.267 e. The molecule has 0 aliphatic carbocycles. The van der Waals surface area contributed by atoms with Crippen molar-refractivity contribution < 1.29 is 9.72 Å². The van der Waals surface area contributed by atoms with Gasteiger partial charge in [0.1, 0.15) is 0 Å². The van der Waals surface area contributed by atoms with Crippen LogP contribution in [0.3, 0.4) is 0 Å². The molecule has 0 aromatic heterocycles. The highest BCUT2D eigenvalue weighted by atomic mass is 35.5. The lowest BCUT2D eigenvalue weighted by Gasteiger charge is -2.07. The van der Waals surface area contributed by atoms with Gasteiger partial charge in [0.25, 0.3) is 11.6 Å². The lowest BCUT2D eigenvalue weighted by atomic mass is 10.1. The van der Waals surface area contributed by atoms with Crippen LogP contribution < -0.4 is 5.43 Å². The topological polar surface area (TPSA) is 84.6 Å². The molecule has 0 atom stereocenters. The molecule has 0 spiro atoms. The summed E-state index contributed by atoms with van der Waals surface area (Å²) in [7, 11) is 0. The highest BCUT2D eigenvalue weighted by Gasteiger charge is 2.11. The second-order valence-corrected chi connectivity index (χ2v) is 5.62. The number of nitrogens with one attached hydrogen (secondary N) is 1. The maximum absolute atomic E-state index is 12.1. The minimum Gasteiger partial charge on any atom is -0.267 e. The zero-order valence-corrected chi connectivity index (χ0v) is 14.1. The second-order valence-electron chi connectivity index (χ2n) is 4.78. The van der Waals surface area contributed by atoms with Gasteiger partial charge in [0, 0.05) is 28.3 Å². The number of amides is 1. The second kappa shape index (κ2) is 7.90. The normalized spacial score (nSPS) is 11.2. The fraction of sp³-hybridized carbons (Fsp3) is 0.125. The third kappa shape index (κ3) is 4.31. The van der Waals surface area contributed by atoms with Crippen LogP contribution in [0.5, 0.6) is 0 Å². The minimum absolute atomic E-state index is 0.0859. The highest BCUT2D eigenvalue weighted by molar-refractivity contribution is 6.37. The molecule has 0 fully saturated rings. The number of carbonyl (C=O) groups excluding carboxylic acids is 1. The minimum atomic E-state index is -0.530. The van der Waals surface area contributed by atoms with Gasteiger partial charge in [0.05, 0.1) is 15.7 Å². The molecule has 0 heterocycles. The Labute approximate surface area is 148 Å². The molecule has 1 N–H and O–H groups in total. The third-order valence-corrected chi connectivity index (χ3v) is 3.76.